The van der Waals surface area contributed by atoms with Crippen LogP contribution in [0.25, 0.3) is 0 Å². The number of rotatable bonds is 1. The number of nitrogens with one attached hydrogen (secondary N) is 1. The van der Waals surface area contributed by atoms with Crippen LogP contribution in [0.4, 0.5) is 5.69 Å². The molecule has 3 N–H and O–H groups in total. The van der Waals surface area contributed by atoms with E-state index in [1.165, 1.54) is 0 Å². The van der Waals surface area contributed by atoms with Gasteiger partial charge in [0.05, 0.1) is 17.3 Å². The first-order valence-electron chi connectivity index (χ1n) is 3.67. The first-order chi connectivity index (χ1) is 5.69. The summed E-state index contributed by atoms with van der Waals surface area (Å²) in [5.74, 6) is 5.31. The van der Waals surface area contributed by atoms with Crippen molar-refractivity contribution in [1.29, 1.82) is 5.26 Å². The van der Waals surface area contributed by atoms with Gasteiger partial charge in [0.2, 0.25) is 0 Å². The van der Waals surface area contributed by atoms with Crippen LogP contribution >= 0.6 is 0 Å². The van der Waals surface area contributed by atoms with Gasteiger partial charge in [-0.1, -0.05) is 0 Å². The fourth-order valence-electron chi connectivity index (χ4n) is 1.26. The summed E-state index contributed by atoms with van der Waals surface area (Å²) in [6.45, 7) is 3.84. The van der Waals surface area contributed by atoms with E-state index >= 15 is 0 Å². The monoisotopic (exact) mass is 161 g/mol. The van der Waals surface area contributed by atoms with E-state index < -0.39 is 0 Å². The Hall–Kier alpha value is -1.53. The first kappa shape index (κ1) is 8.57. The number of nitrogens with zero attached hydrogens (tertiary/aromatic N) is 1. The molecule has 0 heterocycles. The Bertz CT molecular complexity index is 313. The molecule has 0 saturated heterocycles. The third-order valence-corrected chi connectivity index (χ3v) is 1.81. The summed E-state index contributed by atoms with van der Waals surface area (Å²) in [6, 6.07) is 5.71. The second-order valence-corrected chi connectivity index (χ2v) is 2.74. The molecule has 0 aliphatic carbocycles. The van der Waals surface area contributed by atoms with Crippen LogP contribution in [-0.2, 0) is 0 Å². The lowest BCUT2D eigenvalue weighted by molar-refractivity contribution is 1.26. The Morgan fingerprint density at radius 3 is 2.17 bits per heavy atom. The Kier molecular flexibility index (Phi) is 2.32. The van der Waals surface area contributed by atoms with Gasteiger partial charge in [-0.2, -0.15) is 5.26 Å². The van der Waals surface area contributed by atoms with Gasteiger partial charge in [-0.3, -0.25) is 5.84 Å². The molecule has 0 fully saturated rings. The Morgan fingerprint density at radius 1 is 1.33 bits per heavy atom. The zero-order chi connectivity index (χ0) is 9.14. The van der Waals surface area contributed by atoms with Crippen LogP contribution in [0, 0.1) is 25.2 Å². The largest absolute Gasteiger partial charge is 0.324 e. The summed E-state index contributed by atoms with van der Waals surface area (Å²) in [5.41, 5.74) is 6.16. The molecule has 0 atom stereocenters. The van der Waals surface area contributed by atoms with Gasteiger partial charge in [-0.15, -0.1) is 0 Å². The number of hydrogen-bond donors (Lipinski definition) is 2. The van der Waals surface area contributed by atoms with Crippen LogP contribution in [-0.4, -0.2) is 0 Å². The van der Waals surface area contributed by atoms with Crippen LogP contribution < -0.4 is 11.3 Å². The van der Waals surface area contributed by atoms with Crippen LogP contribution in [0.5, 0.6) is 0 Å². The van der Waals surface area contributed by atoms with Crippen LogP contribution in [0.1, 0.15) is 16.7 Å². The second kappa shape index (κ2) is 3.24. The number of nitriles is 1. The average Bonchev–Trinajstić information content (AvgIpc) is 2.03. The molecule has 0 bridgehead atoms. The van der Waals surface area contributed by atoms with E-state index in [9.17, 15) is 0 Å². The molecule has 1 aromatic carbocycles. The SMILES string of the molecule is Cc1cc(C#N)cc(C)c1NN. The fourth-order valence-corrected chi connectivity index (χ4v) is 1.26. The van der Waals surface area contributed by atoms with Crippen LogP contribution in [0.3, 0.4) is 0 Å². The van der Waals surface area contributed by atoms with Gasteiger partial charge >= 0.3 is 0 Å². The van der Waals surface area contributed by atoms with Crippen molar-refractivity contribution in [2.45, 2.75) is 13.8 Å². The van der Waals surface area contributed by atoms with Gasteiger partial charge in [-0.05, 0) is 37.1 Å². The number of hydrogen-bond acceptors (Lipinski definition) is 3. The molecule has 1 rings (SSSR count). The molecule has 1 aromatic rings. The minimum Gasteiger partial charge on any atom is -0.324 e. The topological polar surface area (TPSA) is 61.8 Å². The van der Waals surface area contributed by atoms with Crippen LogP contribution in [0.2, 0.25) is 0 Å². The summed E-state index contributed by atoms with van der Waals surface area (Å²) in [5, 5.41) is 8.65. The molecule has 0 amide bonds. The average molecular weight is 161 g/mol. The van der Waals surface area contributed by atoms with Crippen molar-refractivity contribution in [1.82, 2.24) is 0 Å². The molecule has 0 aliphatic rings. The van der Waals surface area contributed by atoms with Gasteiger partial charge < -0.3 is 5.43 Å². The highest BCUT2D eigenvalue weighted by atomic mass is 15.2. The van der Waals surface area contributed by atoms with E-state index in [4.69, 9.17) is 11.1 Å². The predicted octanol–water partition coefficient (Wildman–Crippen LogP) is 1.46. The maximum atomic E-state index is 8.65. The van der Waals surface area contributed by atoms with Crippen molar-refractivity contribution in [3.8, 4) is 6.07 Å². The lowest BCUT2D eigenvalue weighted by Crippen LogP contribution is -2.09. The van der Waals surface area contributed by atoms with Crippen molar-refractivity contribution >= 4 is 5.69 Å². The highest BCUT2D eigenvalue weighted by Gasteiger charge is 2.02. The van der Waals surface area contributed by atoms with Gasteiger partial charge in [0.15, 0.2) is 0 Å². The van der Waals surface area contributed by atoms with E-state index in [0.717, 1.165) is 16.8 Å². The van der Waals surface area contributed by atoms with Crippen molar-refractivity contribution in [3.63, 3.8) is 0 Å². The zero-order valence-electron chi connectivity index (χ0n) is 7.18. The number of nitrogen functional groups attached to an aromatic ring is 1. The minimum atomic E-state index is 0.670. The van der Waals surface area contributed by atoms with Crippen LogP contribution in [0.15, 0.2) is 12.1 Å². The normalized spacial score (nSPS) is 9.17. The highest BCUT2D eigenvalue weighted by molar-refractivity contribution is 5.59. The van der Waals surface area contributed by atoms with E-state index in [0.29, 0.717) is 5.56 Å². The molecular weight excluding hydrogens is 150 g/mol. The first-order valence-corrected chi connectivity index (χ1v) is 3.67. The maximum absolute atomic E-state index is 8.65. The molecule has 0 unspecified atom stereocenters. The number of aryl methyl sites for hydroxylation is 2. The second-order valence-electron chi connectivity index (χ2n) is 2.74. The molecule has 0 spiro atoms. The molecule has 3 heteroatoms. The van der Waals surface area contributed by atoms with Crippen molar-refractivity contribution < 1.29 is 0 Å². The summed E-state index contributed by atoms with van der Waals surface area (Å²) >= 11 is 0. The Morgan fingerprint density at radius 2 is 1.83 bits per heavy atom. The smallest absolute Gasteiger partial charge is 0.0991 e. The van der Waals surface area contributed by atoms with Gasteiger partial charge in [-0.25, -0.2) is 0 Å². The zero-order valence-corrected chi connectivity index (χ0v) is 7.18. The summed E-state index contributed by atoms with van der Waals surface area (Å²) in [4.78, 5) is 0. The quantitative estimate of drug-likeness (QED) is 0.484. The van der Waals surface area contributed by atoms with Crippen molar-refractivity contribution in [3.05, 3.63) is 28.8 Å². The molecule has 12 heavy (non-hydrogen) atoms. The number of anilines is 1. The molecule has 3 nitrogen and oxygen atoms in total. The summed E-state index contributed by atoms with van der Waals surface area (Å²) in [6.07, 6.45) is 0. The predicted molar refractivity (Wildman–Crippen MR) is 48.4 cm³/mol. The minimum absolute atomic E-state index is 0.670. The molecule has 0 radical (unpaired) electrons. The lowest BCUT2D eigenvalue weighted by Gasteiger charge is -2.08. The summed E-state index contributed by atoms with van der Waals surface area (Å²) < 4.78 is 0. The lowest BCUT2D eigenvalue weighted by atomic mass is 10.1. The highest BCUT2D eigenvalue weighted by Crippen LogP contribution is 2.20. The van der Waals surface area contributed by atoms with E-state index in [-0.39, 0.29) is 0 Å². The van der Waals surface area contributed by atoms with Crippen molar-refractivity contribution in [2.24, 2.45) is 5.84 Å². The molecule has 0 saturated carbocycles. The molecule has 62 valence electrons. The van der Waals surface area contributed by atoms with Gasteiger partial charge in [0.1, 0.15) is 0 Å². The van der Waals surface area contributed by atoms with E-state index in [2.05, 4.69) is 11.5 Å². The fraction of sp³-hybridized carbons (Fsp3) is 0.222. The van der Waals surface area contributed by atoms with E-state index in [1.54, 1.807) is 0 Å². The summed E-state index contributed by atoms with van der Waals surface area (Å²) in [7, 11) is 0. The van der Waals surface area contributed by atoms with E-state index in [1.807, 2.05) is 26.0 Å². The number of benzene rings is 1. The Labute approximate surface area is 71.8 Å². The number of hydrazine groups is 1. The van der Waals surface area contributed by atoms with Crippen molar-refractivity contribution in [2.75, 3.05) is 5.43 Å². The number of nitrogens with two attached hydrogens (primary N) is 1. The third-order valence-electron chi connectivity index (χ3n) is 1.81. The molecular formula is C9H11N3. The maximum Gasteiger partial charge on any atom is 0.0991 e. The molecule has 0 aromatic heterocycles. The third kappa shape index (κ3) is 1.39. The Balaban J connectivity index is 3.30. The molecule has 0 aliphatic heterocycles. The standard InChI is InChI=1S/C9H11N3/c1-6-3-8(5-10)4-7(2)9(6)12-11/h3-4,12H,11H2,1-2H3. The van der Waals surface area contributed by atoms with Gasteiger partial charge in [0.25, 0.3) is 0 Å². The van der Waals surface area contributed by atoms with Gasteiger partial charge in [0, 0.05) is 0 Å².